The number of nitriles is 1. The normalized spacial score (nSPS) is 29.3. The molecule has 0 amide bonds. The zero-order chi connectivity index (χ0) is 13.4. The summed E-state index contributed by atoms with van der Waals surface area (Å²) >= 11 is 0. The van der Waals surface area contributed by atoms with Gasteiger partial charge in [0.1, 0.15) is 0 Å². The van der Waals surface area contributed by atoms with E-state index in [1.165, 1.54) is 0 Å². The van der Waals surface area contributed by atoms with E-state index in [4.69, 9.17) is 5.26 Å². The zero-order valence-corrected chi connectivity index (χ0v) is 11.2. The lowest BCUT2D eigenvalue weighted by Gasteiger charge is -2.21. The minimum Gasteiger partial charge on any atom is -0.373 e. The van der Waals surface area contributed by atoms with Crippen LogP contribution in [0.1, 0.15) is 26.2 Å². The predicted octanol–water partition coefficient (Wildman–Crippen LogP) is 2.99. The molecule has 0 radical (unpaired) electrons. The van der Waals surface area contributed by atoms with Crippen LogP contribution < -0.4 is 5.32 Å². The average Bonchev–Trinajstić information content (AvgIpc) is 2.47. The van der Waals surface area contributed by atoms with Crippen molar-refractivity contribution in [3.8, 4) is 6.07 Å². The van der Waals surface area contributed by atoms with Crippen molar-refractivity contribution >= 4 is 6.34 Å². The number of allylic oxidation sites excluding steroid dienone is 4. The molecule has 1 aliphatic rings. The molecule has 18 heavy (non-hydrogen) atoms. The van der Waals surface area contributed by atoms with Crippen molar-refractivity contribution in [1.82, 2.24) is 5.32 Å². The number of hydrogen-bond acceptors (Lipinski definition) is 2. The van der Waals surface area contributed by atoms with Gasteiger partial charge in [-0.25, -0.2) is 0 Å². The van der Waals surface area contributed by atoms with E-state index in [0.29, 0.717) is 17.5 Å². The summed E-state index contributed by atoms with van der Waals surface area (Å²) in [5.41, 5.74) is 1.49. The van der Waals surface area contributed by atoms with E-state index in [-0.39, 0.29) is 0 Å². The topological polar surface area (TPSA) is 48.2 Å². The molecular formula is C15H21N3. The summed E-state index contributed by atoms with van der Waals surface area (Å²) in [7, 11) is 1.76. The van der Waals surface area contributed by atoms with Crippen LogP contribution in [0.3, 0.4) is 0 Å². The number of hydrogen-bond donors (Lipinski definition) is 1. The summed E-state index contributed by atoms with van der Waals surface area (Å²) < 4.78 is 0. The average molecular weight is 243 g/mol. The molecule has 0 spiro atoms. The summed E-state index contributed by atoms with van der Waals surface area (Å²) in [5.74, 6) is 0.399. The maximum Gasteiger partial charge on any atom is 0.0991 e. The maximum absolute atomic E-state index is 8.90. The highest BCUT2D eigenvalue weighted by Crippen LogP contribution is 2.19. The van der Waals surface area contributed by atoms with Crippen LogP contribution in [0.4, 0.5) is 0 Å². The Hall–Kier alpha value is -1.82. The third-order valence-electron chi connectivity index (χ3n) is 3.20. The van der Waals surface area contributed by atoms with Crippen LogP contribution in [0, 0.1) is 17.2 Å². The first-order valence-corrected chi connectivity index (χ1v) is 6.33. The summed E-state index contributed by atoms with van der Waals surface area (Å²) in [4.78, 5) is 3.97. The third kappa shape index (κ3) is 4.21. The lowest BCUT2D eigenvalue weighted by atomic mass is 9.97. The van der Waals surface area contributed by atoms with Gasteiger partial charge < -0.3 is 5.32 Å². The number of nitrogens with zero attached hydrogens (tertiary/aromatic N) is 2. The fourth-order valence-electron chi connectivity index (χ4n) is 2.01. The Morgan fingerprint density at radius 2 is 2.44 bits per heavy atom. The van der Waals surface area contributed by atoms with Crippen LogP contribution in [0.15, 0.2) is 40.9 Å². The molecule has 0 aromatic rings. The van der Waals surface area contributed by atoms with Crippen LogP contribution in [0.5, 0.6) is 0 Å². The highest BCUT2D eigenvalue weighted by molar-refractivity contribution is 5.54. The smallest absolute Gasteiger partial charge is 0.0991 e. The van der Waals surface area contributed by atoms with E-state index in [1.807, 2.05) is 6.08 Å². The molecule has 1 rings (SSSR count). The zero-order valence-electron chi connectivity index (χ0n) is 11.2. The van der Waals surface area contributed by atoms with E-state index < -0.39 is 0 Å². The molecule has 0 saturated carbocycles. The monoisotopic (exact) mass is 243 g/mol. The molecule has 1 aliphatic carbocycles. The molecule has 0 heterocycles. The van der Waals surface area contributed by atoms with Crippen LogP contribution in [0.2, 0.25) is 0 Å². The van der Waals surface area contributed by atoms with Crippen LogP contribution in [-0.4, -0.2) is 19.4 Å². The quantitative estimate of drug-likeness (QED) is 0.470. The van der Waals surface area contributed by atoms with E-state index >= 15 is 0 Å². The molecular weight excluding hydrogens is 222 g/mol. The molecule has 0 saturated heterocycles. The lowest BCUT2D eigenvalue weighted by Crippen LogP contribution is -2.33. The van der Waals surface area contributed by atoms with E-state index in [1.54, 1.807) is 13.4 Å². The van der Waals surface area contributed by atoms with Crippen molar-refractivity contribution in [2.75, 3.05) is 7.05 Å². The van der Waals surface area contributed by atoms with Crippen molar-refractivity contribution in [1.29, 1.82) is 5.26 Å². The van der Waals surface area contributed by atoms with E-state index in [0.717, 1.165) is 24.8 Å². The first-order chi connectivity index (χ1) is 8.69. The van der Waals surface area contributed by atoms with Crippen molar-refractivity contribution in [2.45, 2.75) is 32.2 Å². The Morgan fingerprint density at radius 1 is 1.67 bits per heavy atom. The van der Waals surface area contributed by atoms with Crippen LogP contribution >= 0.6 is 0 Å². The number of rotatable bonds is 3. The van der Waals surface area contributed by atoms with Crippen LogP contribution in [0.25, 0.3) is 0 Å². The predicted molar refractivity (Wildman–Crippen MR) is 76.3 cm³/mol. The van der Waals surface area contributed by atoms with Gasteiger partial charge in [0.05, 0.1) is 18.0 Å². The Kier molecular flexibility index (Phi) is 5.93. The molecule has 0 fully saturated rings. The standard InChI is InChI=1S/C15H21N3/c1-12-8-9-14(13(2)10-16)6-4-5-7-15(12)18-11-17-3/h6,8-9,11-12,15H,2,4-5,7H2,1,3H3,(H,17,18)/b9-8-,14-6+. The molecule has 96 valence electrons. The molecule has 3 nitrogen and oxygen atoms in total. The first-order valence-electron chi connectivity index (χ1n) is 6.33. The Balaban J connectivity index is 2.79. The molecule has 0 bridgehead atoms. The van der Waals surface area contributed by atoms with Crippen molar-refractivity contribution in [2.24, 2.45) is 10.9 Å². The maximum atomic E-state index is 8.90. The Bertz CT molecular complexity index is 410. The summed E-state index contributed by atoms with van der Waals surface area (Å²) in [5, 5.41) is 12.2. The highest BCUT2D eigenvalue weighted by atomic mass is 15.0. The van der Waals surface area contributed by atoms with Gasteiger partial charge in [0.2, 0.25) is 0 Å². The van der Waals surface area contributed by atoms with Gasteiger partial charge in [-0.05, 0) is 30.8 Å². The van der Waals surface area contributed by atoms with Gasteiger partial charge in [-0.1, -0.05) is 31.7 Å². The largest absolute Gasteiger partial charge is 0.373 e. The molecule has 0 aliphatic heterocycles. The van der Waals surface area contributed by atoms with E-state index in [2.05, 4.69) is 42.0 Å². The van der Waals surface area contributed by atoms with Gasteiger partial charge in [0.25, 0.3) is 0 Å². The third-order valence-corrected chi connectivity index (χ3v) is 3.20. The summed E-state index contributed by atoms with van der Waals surface area (Å²) in [6.07, 6.45) is 11.2. The summed E-state index contributed by atoms with van der Waals surface area (Å²) in [6, 6.07) is 2.51. The van der Waals surface area contributed by atoms with Crippen molar-refractivity contribution < 1.29 is 0 Å². The fourth-order valence-corrected chi connectivity index (χ4v) is 2.01. The van der Waals surface area contributed by atoms with Gasteiger partial charge in [-0.15, -0.1) is 0 Å². The lowest BCUT2D eigenvalue weighted by molar-refractivity contribution is 0.455. The van der Waals surface area contributed by atoms with Crippen LogP contribution in [-0.2, 0) is 0 Å². The second-order valence-corrected chi connectivity index (χ2v) is 4.56. The first kappa shape index (κ1) is 14.2. The number of aliphatic imine (C=N–C) groups is 1. The van der Waals surface area contributed by atoms with Gasteiger partial charge in [-0.3, -0.25) is 4.99 Å². The summed E-state index contributed by atoms with van der Waals surface area (Å²) in [6.45, 7) is 5.95. The van der Waals surface area contributed by atoms with Gasteiger partial charge in [0, 0.05) is 13.1 Å². The van der Waals surface area contributed by atoms with E-state index in [9.17, 15) is 0 Å². The molecule has 0 aromatic carbocycles. The Morgan fingerprint density at radius 3 is 3.11 bits per heavy atom. The van der Waals surface area contributed by atoms with Gasteiger partial charge in [-0.2, -0.15) is 5.26 Å². The van der Waals surface area contributed by atoms with Gasteiger partial charge >= 0.3 is 0 Å². The molecule has 3 heteroatoms. The molecule has 0 aromatic heterocycles. The molecule has 2 atom stereocenters. The fraction of sp³-hybridized carbons (Fsp3) is 0.467. The minimum absolute atomic E-state index is 0.396. The minimum atomic E-state index is 0.396. The van der Waals surface area contributed by atoms with Crippen molar-refractivity contribution in [3.05, 3.63) is 36.0 Å². The Labute approximate surface area is 110 Å². The van der Waals surface area contributed by atoms with Gasteiger partial charge in [0.15, 0.2) is 0 Å². The molecule has 1 N–H and O–H groups in total. The second kappa shape index (κ2) is 7.50. The number of nitrogens with one attached hydrogen (secondary N) is 1. The second-order valence-electron chi connectivity index (χ2n) is 4.56. The van der Waals surface area contributed by atoms with Crippen molar-refractivity contribution in [3.63, 3.8) is 0 Å². The molecule has 2 unspecified atom stereocenters. The highest BCUT2D eigenvalue weighted by Gasteiger charge is 2.14. The SMILES string of the molecule is C=C(C#N)C1=C/CCCC(NC=NC)C(C)/C=C\1.